The van der Waals surface area contributed by atoms with E-state index in [-0.39, 0.29) is 22.7 Å². The Morgan fingerprint density at radius 1 is 0.917 bits per heavy atom. The molecule has 182 valence electrons. The highest BCUT2D eigenvalue weighted by Gasteiger charge is 2.48. The third-order valence-electron chi connectivity index (χ3n) is 6.71. The van der Waals surface area contributed by atoms with Crippen molar-refractivity contribution in [1.29, 1.82) is 0 Å². The smallest absolute Gasteiger partial charge is 0.302 e. The Hall–Kier alpha value is -4.19. The number of aromatic amines is 1. The number of aryl methyl sites for hydroxylation is 2. The van der Waals surface area contributed by atoms with E-state index in [1.165, 1.54) is 4.90 Å². The number of fused-ring (bicyclic) bond motifs is 1. The predicted octanol–water partition coefficient (Wildman–Crippen LogP) is 6.10. The number of anilines is 1. The number of ketones is 1. The standard InChI is InChI=1S/C30H29N3O3/c1-17-6-9-20(10-7-17)26(34)24-25(19-11-13-21(14-12-19)30(3,4)5)33(28(36)27(24)35)29-31-22-15-8-18(2)16-23(22)32-29/h6-16,25,34H,1-5H3,(H,31,32)/b26-24+. The zero-order valence-electron chi connectivity index (χ0n) is 21.1. The molecule has 0 spiro atoms. The topological polar surface area (TPSA) is 86.3 Å². The van der Waals surface area contributed by atoms with Gasteiger partial charge in [-0.05, 0) is 48.1 Å². The second kappa shape index (κ2) is 8.48. The lowest BCUT2D eigenvalue weighted by molar-refractivity contribution is -0.132. The van der Waals surface area contributed by atoms with Gasteiger partial charge >= 0.3 is 5.91 Å². The Bertz CT molecular complexity index is 1520. The van der Waals surface area contributed by atoms with Crippen molar-refractivity contribution in [3.63, 3.8) is 0 Å². The first-order valence-corrected chi connectivity index (χ1v) is 12.0. The Labute approximate surface area is 210 Å². The van der Waals surface area contributed by atoms with Crippen LogP contribution in [0.1, 0.15) is 54.6 Å². The number of aliphatic hydroxyl groups excluding tert-OH is 1. The molecule has 0 aliphatic carbocycles. The summed E-state index contributed by atoms with van der Waals surface area (Å²) in [4.78, 5) is 36.0. The molecule has 4 aromatic rings. The quantitative estimate of drug-likeness (QED) is 0.211. The molecule has 5 rings (SSSR count). The number of Topliss-reactive ketones (excluding diaryl/α,β-unsaturated/α-hetero) is 1. The van der Waals surface area contributed by atoms with Crippen molar-refractivity contribution < 1.29 is 14.7 Å². The Kier molecular flexibility index (Phi) is 5.55. The first-order valence-electron chi connectivity index (χ1n) is 12.0. The summed E-state index contributed by atoms with van der Waals surface area (Å²) in [6, 6.07) is 20.0. The van der Waals surface area contributed by atoms with Crippen LogP contribution in [0, 0.1) is 13.8 Å². The fourth-order valence-electron chi connectivity index (χ4n) is 4.62. The van der Waals surface area contributed by atoms with Gasteiger partial charge < -0.3 is 10.1 Å². The third kappa shape index (κ3) is 3.98. The van der Waals surface area contributed by atoms with Crippen LogP contribution in [0.15, 0.2) is 72.3 Å². The number of benzene rings is 3. The normalized spacial score (nSPS) is 17.8. The molecule has 1 fully saturated rings. The highest BCUT2D eigenvalue weighted by molar-refractivity contribution is 6.51. The lowest BCUT2D eigenvalue weighted by Crippen LogP contribution is -2.30. The summed E-state index contributed by atoms with van der Waals surface area (Å²) in [5.74, 6) is -1.41. The number of rotatable bonds is 3. The second-order valence-electron chi connectivity index (χ2n) is 10.5. The van der Waals surface area contributed by atoms with E-state index in [9.17, 15) is 14.7 Å². The van der Waals surface area contributed by atoms with Gasteiger partial charge in [-0.2, -0.15) is 0 Å². The average molecular weight is 480 g/mol. The Balaban J connectivity index is 1.71. The van der Waals surface area contributed by atoms with Crippen molar-refractivity contribution in [2.24, 2.45) is 0 Å². The van der Waals surface area contributed by atoms with Gasteiger partial charge in [0.25, 0.3) is 5.78 Å². The largest absolute Gasteiger partial charge is 0.507 e. The third-order valence-corrected chi connectivity index (χ3v) is 6.71. The van der Waals surface area contributed by atoms with Gasteiger partial charge in [0.15, 0.2) is 0 Å². The van der Waals surface area contributed by atoms with Gasteiger partial charge in [-0.25, -0.2) is 4.98 Å². The Morgan fingerprint density at radius 2 is 1.56 bits per heavy atom. The number of hydrogen-bond donors (Lipinski definition) is 2. The minimum absolute atomic E-state index is 0.0454. The number of hydrogen-bond acceptors (Lipinski definition) is 4. The van der Waals surface area contributed by atoms with Gasteiger partial charge in [0.05, 0.1) is 22.6 Å². The van der Waals surface area contributed by atoms with Crippen molar-refractivity contribution >= 4 is 34.4 Å². The molecule has 2 heterocycles. The van der Waals surface area contributed by atoms with Crippen molar-refractivity contribution in [2.45, 2.75) is 46.1 Å². The summed E-state index contributed by atoms with van der Waals surface area (Å²) in [5.41, 5.74) is 5.85. The number of carbonyl (C=O) groups is 2. The first kappa shape index (κ1) is 23.5. The van der Waals surface area contributed by atoms with E-state index in [4.69, 9.17) is 0 Å². The van der Waals surface area contributed by atoms with Crippen molar-refractivity contribution in [2.75, 3.05) is 4.90 Å². The molecule has 1 aliphatic rings. The van der Waals surface area contributed by atoms with E-state index in [0.29, 0.717) is 16.6 Å². The SMILES string of the molecule is Cc1ccc(/C(O)=C2\C(=O)C(=O)N(c3nc4ccc(C)cc4[nH]3)C2c2ccc(C(C)(C)C)cc2)cc1. The molecule has 2 N–H and O–H groups in total. The number of aromatic nitrogens is 2. The summed E-state index contributed by atoms with van der Waals surface area (Å²) < 4.78 is 0. The molecular formula is C30H29N3O3. The van der Waals surface area contributed by atoms with E-state index < -0.39 is 17.7 Å². The molecule has 6 nitrogen and oxygen atoms in total. The maximum Gasteiger partial charge on any atom is 0.302 e. The van der Waals surface area contributed by atoms with Gasteiger partial charge in [0.2, 0.25) is 5.95 Å². The van der Waals surface area contributed by atoms with Crippen LogP contribution in [0.5, 0.6) is 0 Å². The number of H-pyrrole nitrogens is 1. The number of nitrogens with one attached hydrogen (secondary N) is 1. The minimum atomic E-state index is -0.831. The summed E-state index contributed by atoms with van der Waals surface area (Å²) in [6.07, 6.45) is 0. The van der Waals surface area contributed by atoms with Crippen molar-refractivity contribution in [3.05, 3.63) is 100 Å². The van der Waals surface area contributed by atoms with Gasteiger partial charge in [-0.15, -0.1) is 0 Å². The molecule has 0 bridgehead atoms. The fourth-order valence-corrected chi connectivity index (χ4v) is 4.62. The van der Waals surface area contributed by atoms with E-state index in [1.54, 1.807) is 12.1 Å². The number of amides is 1. The number of carbonyl (C=O) groups excluding carboxylic acids is 2. The van der Waals surface area contributed by atoms with Crippen LogP contribution in [0.2, 0.25) is 0 Å². The lowest BCUT2D eigenvalue weighted by Gasteiger charge is -2.25. The summed E-state index contributed by atoms with van der Waals surface area (Å²) in [5, 5.41) is 11.3. The van der Waals surface area contributed by atoms with Crippen molar-refractivity contribution in [1.82, 2.24) is 9.97 Å². The molecule has 1 aliphatic heterocycles. The monoisotopic (exact) mass is 479 g/mol. The molecule has 6 heteroatoms. The average Bonchev–Trinajstić information content (AvgIpc) is 3.36. The maximum absolute atomic E-state index is 13.4. The van der Waals surface area contributed by atoms with E-state index in [1.807, 2.05) is 68.4 Å². The lowest BCUT2D eigenvalue weighted by atomic mass is 9.85. The van der Waals surface area contributed by atoms with E-state index in [2.05, 4.69) is 30.7 Å². The molecule has 0 radical (unpaired) electrons. The number of aliphatic hydroxyl groups is 1. The van der Waals surface area contributed by atoms with Gasteiger partial charge in [0.1, 0.15) is 5.76 Å². The molecule has 1 atom stereocenters. The van der Waals surface area contributed by atoms with Crippen LogP contribution in [0.3, 0.4) is 0 Å². The summed E-state index contributed by atoms with van der Waals surface area (Å²) in [7, 11) is 0. The molecule has 1 aromatic heterocycles. The summed E-state index contributed by atoms with van der Waals surface area (Å²) in [6.45, 7) is 10.3. The molecular weight excluding hydrogens is 450 g/mol. The second-order valence-corrected chi connectivity index (χ2v) is 10.5. The zero-order valence-corrected chi connectivity index (χ0v) is 21.1. The molecule has 1 saturated heterocycles. The van der Waals surface area contributed by atoms with Crippen LogP contribution >= 0.6 is 0 Å². The van der Waals surface area contributed by atoms with Crippen LogP contribution in [-0.4, -0.2) is 26.8 Å². The van der Waals surface area contributed by atoms with Crippen LogP contribution in [-0.2, 0) is 15.0 Å². The van der Waals surface area contributed by atoms with Gasteiger partial charge in [-0.3, -0.25) is 14.5 Å². The van der Waals surface area contributed by atoms with Crippen LogP contribution < -0.4 is 4.90 Å². The Morgan fingerprint density at radius 3 is 2.19 bits per heavy atom. The number of nitrogens with zero attached hydrogens (tertiary/aromatic N) is 2. The number of imidazole rings is 1. The van der Waals surface area contributed by atoms with Gasteiger partial charge in [-0.1, -0.05) is 80.9 Å². The first-order chi connectivity index (χ1) is 17.0. The molecule has 0 saturated carbocycles. The van der Waals surface area contributed by atoms with Gasteiger partial charge in [0, 0.05) is 5.56 Å². The minimum Gasteiger partial charge on any atom is -0.507 e. The van der Waals surface area contributed by atoms with E-state index in [0.717, 1.165) is 22.2 Å². The van der Waals surface area contributed by atoms with E-state index >= 15 is 0 Å². The molecule has 1 unspecified atom stereocenters. The predicted molar refractivity (Wildman–Crippen MR) is 142 cm³/mol. The molecule has 3 aromatic carbocycles. The highest BCUT2D eigenvalue weighted by atomic mass is 16.3. The zero-order chi connectivity index (χ0) is 25.8. The highest BCUT2D eigenvalue weighted by Crippen LogP contribution is 2.42. The fraction of sp³-hybridized carbons (Fsp3) is 0.233. The van der Waals surface area contributed by atoms with Crippen LogP contribution in [0.4, 0.5) is 5.95 Å². The van der Waals surface area contributed by atoms with Crippen LogP contribution in [0.25, 0.3) is 16.8 Å². The molecule has 36 heavy (non-hydrogen) atoms. The maximum atomic E-state index is 13.4. The summed E-state index contributed by atoms with van der Waals surface area (Å²) >= 11 is 0. The van der Waals surface area contributed by atoms with Crippen molar-refractivity contribution in [3.8, 4) is 0 Å². The molecule has 1 amide bonds.